The van der Waals surface area contributed by atoms with E-state index in [4.69, 9.17) is 5.73 Å². The number of aliphatic hydroxyl groups is 1. The number of aliphatic imine (C=N–C) groups is 1. The zero-order valence-corrected chi connectivity index (χ0v) is 27.6. The number of ether oxygens (including phenoxy) is 1. The molecule has 2 amide bonds. The van der Waals surface area contributed by atoms with Gasteiger partial charge in [0.05, 0.1) is 31.2 Å². The molecule has 0 aliphatic heterocycles. The Morgan fingerprint density at radius 3 is 2.21 bits per heavy atom. The molecule has 0 aliphatic rings. The Morgan fingerprint density at radius 2 is 1.68 bits per heavy atom. The summed E-state index contributed by atoms with van der Waals surface area (Å²) in [6.07, 6.45) is -8.36. The van der Waals surface area contributed by atoms with Crippen LogP contribution in [0.4, 0.5) is 35.5 Å². The van der Waals surface area contributed by atoms with Gasteiger partial charge in [0, 0.05) is 39.7 Å². The van der Waals surface area contributed by atoms with E-state index < -0.39 is 78.5 Å². The average molecular weight is 790 g/mol. The largest absolute Gasteiger partial charge is 0.453 e. The number of amides is 2. The Kier molecular flexibility index (Phi) is 14.9. The first-order valence-electron chi connectivity index (χ1n) is 13.9. The minimum absolute atomic E-state index is 0.0630. The van der Waals surface area contributed by atoms with Crippen LogP contribution in [-0.2, 0) is 22.5 Å². The van der Waals surface area contributed by atoms with Crippen LogP contribution in [0.1, 0.15) is 30.5 Å². The fraction of sp³-hybridized carbons (Fsp3) is 0.433. The molecule has 0 radical (unpaired) electrons. The van der Waals surface area contributed by atoms with E-state index in [1.54, 1.807) is 24.3 Å². The fourth-order valence-electron chi connectivity index (χ4n) is 4.13. The van der Waals surface area contributed by atoms with Crippen LogP contribution in [-0.4, -0.2) is 74.3 Å². The van der Waals surface area contributed by atoms with Crippen molar-refractivity contribution in [3.63, 3.8) is 0 Å². The SMILES string of the molecule is COC(=O)N[C@H](C(=O)N[C@@H](Cc1ccc(I)cc1)[C@@H](O)CNCc1c(F)cc(C(N)=CC=NCC(F)F)cc1F)C(C)(C)C(F)(F)F. The van der Waals surface area contributed by atoms with Crippen molar-refractivity contribution >= 4 is 46.5 Å². The molecule has 0 aliphatic carbocycles. The summed E-state index contributed by atoms with van der Waals surface area (Å²) < 4.78 is 101. The lowest BCUT2D eigenvalue weighted by atomic mass is 9.82. The summed E-state index contributed by atoms with van der Waals surface area (Å²) in [6.45, 7) is -0.159. The molecule has 3 atom stereocenters. The number of nitrogens with one attached hydrogen (secondary N) is 3. The molecule has 47 heavy (non-hydrogen) atoms. The van der Waals surface area contributed by atoms with Gasteiger partial charge in [-0.05, 0) is 78.8 Å². The van der Waals surface area contributed by atoms with Crippen LogP contribution in [0.15, 0.2) is 47.5 Å². The smallest absolute Gasteiger partial charge is 0.407 e. The lowest BCUT2D eigenvalue weighted by Gasteiger charge is -2.36. The fourth-order valence-corrected chi connectivity index (χ4v) is 4.49. The Balaban J connectivity index is 2.25. The topological polar surface area (TPSA) is 138 Å². The van der Waals surface area contributed by atoms with E-state index in [2.05, 4.69) is 43.0 Å². The molecule has 0 spiro atoms. The first-order valence-corrected chi connectivity index (χ1v) is 15.0. The number of methoxy groups -OCH3 is 1. The van der Waals surface area contributed by atoms with Gasteiger partial charge in [0.2, 0.25) is 5.91 Å². The molecule has 2 aromatic carbocycles. The van der Waals surface area contributed by atoms with Gasteiger partial charge in [-0.25, -0.2) is 22.4 Å². The van der Waals surface area contributed by atoms with Crippen molar-refractivity contribution in [2.45, 2.75) is 57.6 Å². The summed E-state index contributed by atoms with van der Waals surface area (Å²) in [4.78, 5) is 28.5. The molecule has 0 heterocycles. The van der Waals surface area contributed by atoms with E-state index in [1.807, 2.05) is 5.32 Å². The number of carbonyl (C=O) groups excluding carboxylic acids is 2. The molecule has 0 saturated carbocycles. The van der Waals surface area contributed by atoms with Gasteiger partial charge in [-0.3, -0.25) is 9.79 Å². The highest BCUT2D eigenvalue weighted by molar-refractivity contribution is 14.1. The summed E-state index contributed by atoms with van der Waals surface area (Å²) in [5.74, 6) is -3.29. The number of hydrogen-bond donors (Lipinski definition) is 5. The van der Waals surface area contributed by atoms with Crippen molar-refractivity contribution in [1.29, 1.82) is 0 Å². The minimum Gasteiger partial charge on any atom is -0.453 e. The summed E-state index contributed by atoms with van der Waals surface area (Å²) in [5, 5.41) is 18.0. The molecule has 0 aromatic heterocycles. The van der Waals surface area contributed by atoms with Gasteiger partial charge in [-0.15, -0.1) is 0 Å². The Labute approximate surface area is 280 Å². The molecule has 0 bridgehead atoms. The number of benzene rings is 2. The van der Waals surface area contributed by atoms with Gasteiger partial charge in [0.1, 0.15) is 17.7 Å². The predicted octanol–water partition coefficient (Wildman–Crippen LogP) is 4.70. The number of nitrogens with zero attached hydrogens (tertiary/aromatic N) is 1. The van der Waals surface area contributed by atoms with Gasteiger partial charge in [-0.1, -0.05) is 12.1 Å². The Bertz CT molecular complexity index is 1400. The van der Waals surface area contributed by atoms with Crippen LogP contribution in [0.3, 0.4) is 0 Å². The van der Waals surface area contributed by atoms with Gasteiger partial charge >= 0.3 is 12.3 Å². The van der Waals surface area contributed by atoms with Gasteiger partial charge in [-0.2, -0.15) is 13.2 Å². The number of carbonyl (C=O) groups is 2. The maximum absolute atomic E-state index is 14.8. The summed E-state index contributed by atoms with van der Waals surface area (Å²) in [5.41, 5.74) is 2.94. The van der Waals surface area contributed by atoms with Gasteiger partial charge in [0.25, 0.3) is 6.43 Å². The molecule has 0 fully saturated rings. The summed E-state index contributed by atoms with van der Waals surface area (Å²) in [7, 11) is 0.916. The molecule has 6 N–H and O–H groups in total. The van der Waals surface area contributed by atoms with Crippen LogP contribution in [0.25, 0.3) is 5.70 Å². The molecule has 0 unspecified atom stereocenters. The van der Waals surface area contributed by atoms with E-state index in [-0.39, 0.29) is 24.2 Å². The normalized spacial score (nSPS) is 14.6. The van der Waals surface area contributed by atoms with Crippen molar-refractivity contribution in [1.82, 2.24) is 16.0 Å². The number of aliphatic hydroxyl groups excluding tert-OH is 1. The number of nitrogens with two attached hydrogens (primary N) is 1. The number of halogens is 8. The monoisotopic (exact) mass is 789 g/mol. The van der Waals surface area contributed by atoms with E-state index in [0.717, 1.165) is 49.0 Å². The van der Waals surface area contributed by atoms with Crippen LogP contribution >= 0.6 is 22.6 Å². The van der Waals surface area contributed by atoms with Crippen molar-refractivity contribution in [3.8, 4) is 0 Å². The second kappa shape index (κ2) is 17.6. The van der Waals surface area contributed by atoms with Crippen molar-refractivity contribution in [2.75, 3.05) is 20.2 Å². The molecular formula is C30H35F7IN5O4. The molecule has 0 saturated heterocycles. The highest BCUT2D eigenvalue weighted by Gasteiger charge is 2.56. The number of allylic oxidation sites excluding steroid dienone is 1. The van der Waals surface area contributed by atoms with E-state index >= 15 is 0 Å². The molecule has 2 aromatic rings. The van der Waals surface area contributed by atoms with Crippen LogP contribution in [0, 0.1) is 20.6 Å². The maximum atomic E-state index is 14.8. The second-order valence-electron chi connectivity index (χ2n) is 10.9. The van der Waals surface area contributed by atoms with Crippen LogP contribution < -0.4 is 21.7 Å². The molecule has 260 valence electrons. The average Bonchev–Trinajstić information content (AvgIpc) is 2.98. The number of alkyl carbamates (subject to hydrolysis) is 1. The minimum atomic E-state index is -4.94. The molecule has 17 heteroatoms. The summed E-state index contributed by atoms with van der Waals surface area (Å²) in [6, 6.07) is 5.29. The first kappa shape index (κ1) is 39.7. The number of rotatable bonds is 15. The third-order valence-corrected chi connectivity index (χ3v) is 7.77. The van der Waals surface area contributed by atoms with Gasteiger partial charge < -0.3 is 31.5 Å². The lowest BCUT2D eigenvalue weighted by Crippen LogP contribution is -2.62. The van der Waals surface area contributed by atoms with E-state index in [0.29, 0.717) is 5.56 Å². The van der Waals surface area contributed by atoms with E-state index in [9.17, 15) is 45.4 Å². The van der Waals surface area contributed by atoms with Gasteiger partial charge in [0.15, 0.2) is 0 Å². The Hall–Kier alpha value is -3.45. The first-order chi connectivity index (χ1) is 21.9. The van der Waals surface area contributed by atoms with Crippen molar-refractivity contribution in [3.05, 3.63) is 74.4 Å². The predicted molar refractivity (Wildman–Crippen MR) is 170 cm³/mol. The lowest BCUT2D eigenvalue weighted by molar-refractivity contribution is -0.220. The standard InChI is InChI=1S/C30H35F7IN5O4/c1-29(2,30(35,36)37)26(43-28(46)47-3)27(45)42-23(10-16-4-6-18(38)7-5-16)24(44)14-41-13-19-20(31)11-17(12-21(19)32)22(39)8-9-40-15-25(33)34/h4-9,11-12,23-26,41,44H,10,13-15,39H2,1-3H3,(H,42,45)(H,43,46)/t23-,24-,26+/m0/s1. The molecule has 2 rings (SSSR count). The van der Waals surface area contributed by atoms with Crippen LogP contribution in [0.2, 0.25) is 0 Å². The molecular weight excluding hydrogens is 754 g/mol. The number of alkyl halides is 5. The number of hydrogen-bond acceptors (Lipinski definition) is 7. The summed E-state index contributed by atoms with van der Waals surface area (Å²) >= 11 is 2.06. The maximum Gasteiger partial charge on any atom is 0.407 e. The molecule has 9 nitrogen and oxygen atoms in total. The van der Waals surface area contributed by atoms with Crippen LogP contribution in [0.5, 0.6) is 0 Å². The Morgan fingerprint density at radius 1 is 1.09 bits per heavy atom. The zero-order valence-electron chi connectivity index (χ0n) is 25.5. The van der Waals surface area contributed by atoms with E-state index in [1.165, 1.54) is 0 Å². The third-order valence-electron chi connectivity index (χ3n) is 7.06. The highest BCUT2D eigenvalue weighted by Crippen LogP contribution is 2.40. The van der Waals surface area contributed by atoms with Crippen molar-refractivity contribution < 1.29 is 50.2 Å². The third kappa shape index (κ3) is 11.9. The highest BCUT2D eigenvalue weighted by atomic mass is 127. The van der Waals surface area contributed by atoms with Crippen molar-refractivity contribution in [2.24, 2.45) is 16.1 Å². The second-order valence-corrected chi connectivity index (χ2v) is 12.1. The zero-order chi connectivity index (χ0) is 35.5. The quantitative estimate of drug-likeness (QED) is 0.101.